The van der Waals surface area contributed by atoms with Gasteiger partial charge in [0, 0.05) is 35.3 Å². The molecule has 7 heteroatoms. The molecule has 0 saturated carbocycles. The van der Waals surface area contributed by atoms with Gasteiger partial charge in [0.1, 0.15) is 5.82 Å². The third kappa shape index (κ3) is 3.69. The van der Waals surface area contributed by atoms with Crippen LogP contribution in [0.15, 0.2) is 47.0 Å². The van der Waals surface area contributed by atoms with Crippen molar-refractivity contribution in [3.05, 3.63) is 70.3 Å². The number of hydrogen-bond donors (Lipinski definition) is 0. The number of nitrogens with zero attached hydrogens (tertiary/aromatic N) is 3. The molecular weight excluding hydrogens is 345 g/mol. The lowest BCUT2D eigenvalue weighted by Crippen LogP contribution is -2.26. The Morgan fingerprint density at radius 1 is 1.24 bits per heavy atom. The van der Waals surface area contributed by atoms with E-state index in [1.54, 1.807) is 44.3 Å². The second-order valence-electron chi connectivity index (χ2n) is 5.59. The lowest BCUT2D eigenvalue weighted by Gasteiger charge is -2.18. The summed E-state index contributed by atoms with van der Waals surface area (Å²) < 4.78 is 19.0. The first-order valence-electron chi connectivity index (χ1n) is 7.55. The normalized spacial score (nSPS) is 10.7. The highest BCUT2D eigenvalue weighted by Gasteiger charge is 2.16. The van der Waals surface area contributed by atoms with Gasteiger partial charge < -0.3 is 9.42 Å². The van der Waals surface area contributed by atoms with Crippen LogP contribution < -0.4 is 0 Å². The molecule has 25 heavy (non-hydrogen) atoms. The molecule has 1 heterocycles. The Kier molecular flexibility index (Phi) is 4.81. The highest BCUT2D eigenvalue weighted by Crippen LogP contribution is 2.22. The molecule has 5 nitrogen and oxygen atoms in total. The average molecular weight is 360 g/mol. The fourth-order valence-electron chi connectivity index (χ4n) is 2.38. The number of aromatic nitrogens is 2. The van der Waals surface area contributed by atoms with E-state index in [0.29, 0.717) is 22.3 Å². The van der Waals surface area contributed by atoms with E-state index in [2.05, 4.69) is 10.1 Å². The molecule has 0 aliphatic heterocycles. The second-order valence-corrected chi connectivity index (χ2v) is 5.99. The van der Waals surface area contributed by atoms with Crippen LogP contribution in [0.1, 0.15) is 21.7 Å². The standard InChI is InChI=1S/C18H15ClFN3O2/c1-11-21-17(25-22-11)12-6-8-13(9-7-12)18(24)23(2)10-14-15(19)4-3-5-16(14)20/h3-9H,10H2,1-2H3. The summed E-state index contributed by atoms with van der Waals surface area (Å²) in [6.07, 6.45) is 0. The molecule has 0 aliphatic rings. The van der Waals surface area contributed by atoms with Crippen LogP contribution in [0, 0.1) is 12.7 Å². The molecule has 3 rings (SSSR count). The van der Waals surface area contributed by atoms with Gasteiger partial charge in [-0.1, -0.05) is 22.8 Å². The van der Waals surface area contributed by atoms with Gasteiger partial charge in [-0.15, -0.1) is 0 Å². The van der Waals surface area contributed by atoms with Crippen LogP contribution >= 0.6 is 11.6 Å². The largest absolute Gasteiger partial charge is 0.337 e. The van der Waals surface area contributed by atoms with Crippen molar-refractivity contribution in [1.29, 1.82) is 0 Å². The summed E-state index contributed by atoms with van der Waals surface area (Å²) in [6, 6.07) is 11.2. The topological polar surface area (TPSA) is 59.2 Å². The van der Waals surface area contributed by atoms with Crippen LogP contribution in [0.5, 0.6) is 0 Å². The molecule has 3 aromatic rings. The van der Waals surface area contributed by atoms with Crippen molar-refractivity contribution < 1.29 is 13.7 Å². The third-order valence-electron chi connectivity index (χ3n) is 3.71. The molecule has 0 fully saturated rings. The highest BCUT2D eigenvalue weighted by atomic mass is 35.5. The molecule has 0 unspecified atom stereocenters. The zero-order valence-electron chi connectivity index (χ0n) is 13.7. The molecule has 0 N–H and O–H groups in total. The minimum absolute atomic E-state index is 0.0783. The van der Waals surface area contributed by atoms with Crippen LogP contribution in [-0.2, 0) is 6.54 Å². The lowest BCUT2D eigenvalue weighted by atomic mass is 10.1. The number of carbonyl (C=O) groups is 1. The van der Waals surface area contributed by atoms with E-state index in [0.717, 1.165) is 5.56 Å². The Balaban J connectivity index is 1.76. The molecule has 0 saturated heterocycles. The van der Waals surface area contributed by atoms with Gasteiger partial charge in [-0.3, -0.25) is 4.79 Å². The molecule has 2 aromatic carbocycles. The first-order chi connectivity index (χ1) is 12.0. The summed E-state index contributed by atoms with van der Waals surface area (Å²) >= 11 is 6.01. The van der Waals surface area contributed by atoms with Crippen LogP contribution in [0.3, 0.4) is 0 Å². The van der Waals surface area contributed by atoms with Crippen LogP contribution in [-0.4, -0.2) is 28.0 Å². The Morgan fingerprint density at radius 2 is 1.96 bits per heavy atom. The van der Waals surface area contributed by atoms with Gasteiger partial charge in [0.15, 0.2) is 5.82 Å². The maximum absolute atomic E-state index is 13.9. The highest BCUT2D eigenvalue weighted by molar-refractivity contribution is 6.31. The average Bonchev–Trinajstić information content (AvgIpc) is 3.04. The van der Waals surface area contributed by atoms with Gasteiger partial charge in [-0.2, -0.15) is 4.98 Å². The van der Waals surface area contributed by atoms with Gasteiger partial charge in [0.2, 0.25) is 0 Å². The van der Waals surface area contributed by atoms with E-state index in [-0.39, 0.29) is 18.0 Å². The second kappa shape index (κ2) is 7.03. The number of aryl methyl sites for hydroxylation is 1. The fraction of sp³-hybridized carbons (Fsp3) is 0.167. The predicted molar refractivity (Wildman–Crippen MR) is 91.7 cm³/mol. The van der Waals surface area contributed by atoms with Crippen molar-refractivity contribution in [3.8, 4) is 11.5 Å². The van der Waals surface area contributed by atoms with Crippen LogP contribution in [0.2, 0.25) is 5.02 Å². The first kappa shape index (κ1) is 17.1. The molecule has 0 spiro atoms. The smallest absolute Gasteiger partial charge is 0.257 e. The maximum atomic E-state index is 13.9. The Bertz CT molecular complexity index is 889. The van der Waals surface area contributed by atoms with E-state index >= 15 is 0 Å². The SMILES string of the molecule is Cc1noc(-c2ccc(C(=O)N(C)Cc3c(F)cccc3Cl)cc2)n1. The minimum Gasteiger partial charge on any atom is -0.337 e. The van der Waals surface area contributed by atoms with Gasteiger partial charge >= 0.3 is 0 Å². The van der Waals surface area contributed by atoms with Gasteiger partial charge in [0.25, 0.3) is 11.8 Å². The molecule has 0 bridgehead atoms. The molecule has 1 aromatic heterocycles. The van der Waals surface area contributed by atoms with E-state index < -0.39 is 5.82 Å². The van der Waals surface area contributed by atoms with Crippen molar-refractivity contribution in [2.75, 3.05) is 7.05 Å². The summed E-state index contributed by atoms with van der Waals surface area (Å²) in [6.45, 7) is 1.81. The van der Waals surface area contributed by atoms with Crippen molar-refractivity contribution >= 4 is 17.5 Å². The Morgan fingerprint density at radius 3 is 2.56 bits per heavy atom. The van der Waals surface area contributed by atoms with Gasteiger partial charge in [-0.25, -0.2) is 4.39 Å². The summed E-state index contributed by atoms with van der Waals surface area (Å²) in [5.41, 5.74) is 1.48. The molecule has 1 amide bonds. The Labute approximate surface area is 149 Å². The van der Waals surface area contributed by atoms with Crippen molar-refractivity contribution in [2.24, 2.45) is 0 Å². The van der Waals surface area contributed by atoms with E-state index in [1.807, 2.05) is 0 Å². The monoisotopic (exact) mass is 359 g/mol. The van der Waals surface area contributed by atoms with Crippen molar-refractivity contribution in [2.45, 2.75) is 13.5 Å². The van der Waals surface area contributed by atoms with E-state index in [4.69, 9.17) is 16.1 Å². The maximum Gasteiger partial charge on any atom is 0.257 e. The molecular formula is C18H15ClFN3O2. The predicted octanol–water partition coefficient (Wildman–Crippen LogP) is 4.11. The number of halogens is 2. The Hall–Kier alpha value is -2.73. The van der Waals surface area contributed by atoms with Gasteiger partial charge in [0.05, 0.1) is 0 Å². The number of carbonyl (C=O) groups excluding carboxylic acids is 1. The number of amides is 1. The number of hydrogen-bond acceptors (Lipinski definition) is 4. The zero-order valence-corrected chi connectivity index (χ0v) is 14.4. The number of rotatable bonds is 4. The third-order valence-corrected chi connectivity index (χ3v) is 4.06. The minimum atomic E-state index is -0.436. The molecule has 0 radical (unpaired) electrons. The molecule has 128 valence electrons. The van der Waals surface area contributed by atoms with Crippen LogP contribution in [0.4, 0.5) is 4.39 Å². The van der Waals surface area contributed by atoms with Crippen molar-refractivity contribution in [1.82, 2.24) is 15.0 Å². The lowest BCUT2D eigenvalue weighted by molar-refractivity contribution is 0.0784. The van der Waals surface area contributed by atoms with Crippen molar-refractivity contribution in [3.63, 3.8) is 0 Å². The van der Waals surface area contributed by atoms with E-state index in [9.17, 15) is 9.18 Å². The molecule has 0 aliphatic carbocycles. The van der Waals surface area contributed by atoms with Crippen LogP contribution in [0.25, 0.3) is 11.5 Å². The summed E-state index contributed by atoms with van der Waals surface area (Å²) in [5, 5.41) is 4.03. The summed E-state index contributed by atoms with van der Waals surface area (Å²) in [5.74, 6) is 0.251. The summed E-state index contributed by atoms with van der Waals surface area (Å²) in [7, 11) is 1.60. The zero-order chi connectivity index (χ0) is 18.0. The summed E-state index contributed by atoms with van der Waals surface area (Å²) in [4.78, 5) is 18.1. The first-order valence-corrected chi connectivity index (χ1v) is 7.92. The van der Waals surface area contributed by atoms with Gasteiger partial charge in [-0.05, 0) is 43.3 Å². The van der Waals surface area contributed by atoms with E-state index in [1.165, 1.54) is 17.0 Å². The fourth-order valence-corrected chi connectivity index (χ4v) is 2.61. The molecule has 0 atom stereocenters. The quantitative estimate of drug-likeness (QED) is 0.703. The number of benzene rings is 2.